The van der Waals surface area contributed by atoms with Gasteiger partial charge in [-0.15, -0.1) is 6.58 Å². The number of carboxylic acid groups (broad SMARTS) is 1. The van der Waals surface area contributed by atoms with Crippen LogP contribution in [0.5, 0.6) is 0 Å². The topological polar surface area (TPSA) is 122 Å². The van der Waals surface area contributed by atoms with E-state index in [4.69, 9.17) is 10.8 Å². The normalized spacial score (nSPS) is 11.2. The van der Waals surface area contributed by atoms with Crippen LogP contribution in [0.3, 0.4) is 0 Å². The van der Waals surface area contributed by atoms with Gasteiger partial charge in [0.1, 0.15) is 6.04 Å². The van der Waals surface area contributed by atoms with Crippen molar-refractivity contribution in [3.05, 3.63) is 42.5 Å². The molecule has 0 heterocycles. The van der Waals surface area contributed by atoms with Crippen LogP contribution < -0.4 is 16.4 Å². The molecule has 1 aromatic carbocycles. The molecule has 0 spiro atoms. The van der Waals surface area contributed by atoms with Crippen LogP contribution >= 0.6 is 0 Å². The number of aliphatic carboxylic acids is 1. The lowest BCUT2D eigenvalue weighted by molar-refractivity contribution is -0.139. The Kier molecular flexibility index (Phi) is 5.28. The summed E-state index contributed by atoms with van der Waals surface area (Å²) in [5.74, 6) is -1.78. The molecule has 1 atom stereocenters. The van der Waals surface area contributed by atoms with Crippen LogP contribution in [0.4, 0.5) is 10.5 Å². The number of primary amides is 1. The van der Waals surface area contributed by atoms with Crippen LogP contribution in [-0.4, -0.2) is 29.1 Å². The molecule has 0 aliphatic rings. The molecular formula is C13H15N3O4. The van der Waals surface area contributed by atoms with Gasteiger partial charge in [-0.1, -0.05) is 12.1 Å². The van der Waals surface area contributed by atoms with E-state index in [1.54, 1.807) is 12.1 Å². The molecule has 106 valence electrons. The van der Waals surface area contributed by atoms with E-state index in [9.17, 15) is 14.4 Å². The first-order valence-corrected chi connectivity index (χ1v) is 5.75. The molecule has 0 aromatic heterocycles. The molecule has 5 N–H and O–H groups in total. The number of carboxylic acids is 1. The molecule has 3 amide bonds. The number of rotatable bonds is 6. The first-order chi connectivity index (χ1) is 9.43. The fraction of sp³-hybridized carbons (Fsp3) is 0.154. The van der Waals surface area contributed by atoms with E-state index < -0.39 is 23.9 Å². The molecule has 0 bridgehead atoms. The molecule has 7 heteroatoms. The lowest BCUT2D eigenvalue weighted by Gasteiger charge is -2.13. The van der Waals surface area contributed by atoms with Gasteiger partial charge in [-0.2, -0.15) is 0 Å². The maximum absolute atomic E-state index is 11.6. The monoisotopic (exact) mass is 277 g/mol. The van der Waals surface area contributed by atoms with Crippen LogP contribution in [0.2, 0.25) is 0 Å². The molecule has 7 nitrogen and oxygen atoms in total. The third kappa shape index (κ3) is 4.45. The molecule has 0 saturated carbocycles. The minimum atomic E-state index is -1.16. The summed E-state index contributed by atoms with van der Waals surface area (Å²) in [4.78, 5) is 33.5. The number of amides is 3. The highest BCUT2D eigenvalue weighted by Crippen LogP contribution is 2.10. The SMILES string of the molecule is C=CCC(NC(=O)Nc1cccc(C(N)=O)c1)C(=O)O. The maximum Gasteiger partial charge on any atom is 0.326 e. The molecule has 0 saturated heterocycles. The number of hydrogen-bond acceptors (Lipinski definition) is 3. The molecule has 0 radical (unpaired) electrons. The molecule has 20 heavy (non-hydrogen) atoms. The van der Waals surface area contributed by atoms with Gasteiger partial charge in [-0.05, 0) is 24.6 Å². The van der Waals surface area contributed by atoms with Crippen molar-refractivity contribution in [1.82, 2.24) is 5.32 Å². The summed E-state index contributed by atoms with van der Waals surface area (Å²) in [5.41, 5.74) is 5.69. The average Bonchev–Trinajstić information content (AvgIpc) is 2.38. The Morgan fingerprint density at radius 3 is 2.65 bits per heavy atom. The smallest absolute Gasteiger partial charge is 0.326 e. The second kappa shape index (κ2) is 6.93. The zero-order valence-electron chi connectivity index (χ0n) is 10.6. The number of urea groups is 1. The zero-order valence-corrected chi connectivity index (χ0v) is 10.6. The number of nitrogens with one attached hydrogen (secondary N) is 2. The van der Waals surface area contributed by atoms with Crippen molar-refractivity contribution < 1.29 is 19.5 Å². The van der Waals surface area contributed by atoms with Gasteiger partial charge in [0, 0.05) is 11.3 Å². The molecular weight excluding hydrogens is 262 g/mol. The van der Waals surface area contributed by atoms with Crippen molar-refractivity contribution in [2.75, 3.05) is 5.32 Å². The number of carbonyl (C=O) groups is 3. The Labute approximate surface area is 115 Å². The lowest BCUT2D eigenvalue weighted by atomic mass is 10.2. The Morgan fingerprint density at radius 1 is 1.40 bits per heavy atom. The van der Waals surface area contributed by atoms with Crippen molar-refractivity contribution in [1.29, 1.82) is 0 Å². The van der Waals surface area contributed by atoms with E-state index in [-0.39, 0.29) is 12.0 Å². The maximum atomic E-state index is 11.6. The fourth-order valence-corrected chi connectivity index (χ4v) is 1.46. The number of benzene rings is 1. The summed E-state index contributed by atoms with van der Waals surface area (Å²) in [5, 5.41) is 13.6. The van der Waals surface area contributed by atoms with Crippen LogP contribution in [0, 0.1) is 0 Å². The summed E-state index contributed by atoms with van der Waals surface area (Å²) in [6, 6.07) is 4.24. The van der Waals surface area contributed by atoms with E-state index in [1.165, 1.54) is 18.2 Å². The van der Waals surface area contributed by atoms with Crippen LogP contribution in [-0.2, 0) is 4.79 Å². The Morgan fingerprint density at radius 2 is 2.10 bits per heavy atom. The molecule has 1 unspecified atom stereocenters. The largest absolute Gasteiger partial charge is 0.480 e. The summed E-state index contributed by atoms with van der Waals surface area (Å²) in [6.07, 6.45) is 1.50. The average molecular weight is 277 g/mol. The molecule has 0 fully saturated rings. The minimum absolute atomic E-state index is 0.101. The standard InChI is InChI=1S/C13H15N3O4/c1-2-4-10(12(18)19)16-13(20)15-9-6-3-5-8(7-9)11(14)17/h2-3,5-7,10H,1,4H2,(H2,14,17)(H,18,19)(H2,15,16,20). The van der Waals surface area contributed by atoms with Crippen molar-refractivity contribution in [2.45, 2.75) is 12.5 Å². The Hall–Kier alpha value is -2.83. The van der Waals surface area contributed by atoms with Gasteiger partial charge < -0.3 is 21.5 Å². The third-order valence-electron chi connectivity index (χ3n) is 2.41. The van der Waals surface area contributed by atoms with Crippen molar-refractivity contribution in [3.63, 3.8) is 0 Å². The number of nitrogens with two attached hydrogens (primary N) is 1. The number of carbonyl (C=O) groups excluding carboxylic acids is 2. The number of anilines is 1. The summed E-state index contributed by atoms with van der Waals surface area (Å²) in [7, 11) is 0. The number of hydrogen-bond donors (Lipinski definition) is 4. The fourth-order valence-electron chi connectivity index (χ4n) is 1.46. The predicted octanol–water partition coefficient (Wildman–Crippen LogP) is 0.936. The highest BCUT2D eigenvalue weighted by Gasteiger charge is 2.18. The molecule has 0 aliphatic heterocycles. The van der Waals surface area contributed by atoms with Gasteiger partial charge in [0.05, 0.1) is 0 Å². The van der Waals surface area contributed by atoms with Gasteiger partial charge in [-0.25, -0.2) is 9.59 Å². The Bertz CT molecular complexity index is 542. The third-order valence-corrected chi connectivity index (χ3v) is 2.41. The lowest BCUT2D eigenvalue weighted by Crippen LogP contribution is -2.42. The summed E-state index contributed by atoms with van der Waals surface area (Å²) < 4.78 is 0. The van der Waals surface area contributed by atoms with Crippen molar-refractivity contribution in [3.8, 4) is 0 Å². The summed E-state index contributed by atoms with van der Waals surface area (Å²) >= 11 is 0. The van der Waals surface area contributed by atoms with Gasteiger partial charge in [0.15, 0.2) is 0 Å². The van der Waals surface area contributed by atoms with E-state index in [1.807, 2.05) is 0 Å². The molecule has 0 aliphatic carbocycles. The second-order valence-corrected chi connectivity index (χ2v) is 3.96. The predicted molar refractivity (Wildman–Crippen MR) is 73.4 cm³/mol. The van der Waals surface area contributed by atoms with Gasteiger partial charge >= 0.3 is 12.0 Å². The zero-order chi connectivity index (χ0) is 15.1. The van der Waals surface area contributed by atoms with Crippen LogP contribution in [0.1, 0.15) is 16.8 Å². The van der Waals surface area contributed by atoms with E-state index in [2.05, 4.69) is 17.2 Å². The van der Waals surface area contributed by atoms with E-state index in [0.717, 1.165) is 0 Å². The first-order valence-electron chi connectivity index (χ1n) is 5.75. The molecule has 1 aromatic rings. The van der Waals surface area contributed by atoms with Gasteiger partial charge in [-0.3, -0.25) is 4.79 Å². The van der Waals surface area contributed by atoms with Gasteiger partial charge in [0.2, 0.25) is 5.91 Å². The van der Waals surface area contributed by atoms with E-state index >= 15 is 0 Å². The van der Waals surface area contributed by atoms with E-state index in [0.29, 0.717) is 5.69 Å². The highest BCUT2D eigenvalue weighted by molar-refractivity contribution is 5.96. The van der Waals surface area contributed by atoms with Crippen molar-refractivity contribution >= 4 is 23.6 Å². The first kappa shape index (κ1) is 15.2. The second-order valence-electron chi connectivity index (χ2n) is 3.96. The van der Waals surface area contributed by atoms with Gasteiger partial charge in [0.25, 0.3) is 0 Å². The quantitative estimate of drug-likeness (QED) is 0.578. The highest BCUT2D eigenvalue weighted by atomic mass is 16.4. The van der Waals surface area contributed by atoms with Crippen LogP contribution in [0.25, 0.3) is 0 Å². The summed E-state index contributed by atoms with van der Waals surface area (Å²) in [6.45, 7) is 3.42. The Balaban J connectivity index is 2.70. The minimum Gasteiger partial charge on any atom is -0.480 e. The van der Waals surface area contributed by atoms with Crippen LogP contribution in [0.15, 0.2) is 36.9 Å². The molecule has 1 rings (SSSR count). The van der Waals surface area contributed by atoms with Crippen molar-refractivity contribution in [2.24, 2.45) is 5.73 Å².